The summed E-state index contributed by atoms with van der Waals surface area (Å²) in [6.45, 7) is 8.84. The van der Waals surface area contributed by atoms with E-state index in [-0.39, 0.29) is 18.4 Å². The molecule has 0 spiro atoms. The maximum absolute atomic E-state index is 14.0. The standard InChI is InChI=1S/C30H35N5O2/c1-5-23-12-16-25(17-13-23)35(28(36)20-34-27-9-7-6-8-26(27)32-33-34)29(24-14-10-22(4)11-15-24)30(37)31-19-18-21(2)3/h6-17,21,29H,5,18-20H2,1-4H3,(H,31,37)/t29-/m1/s1. The van der Waals surface area contributed by atoms with Gasteiger partial charge in [-0.05, 0) is 61.1 Å². The number of para-hydroxylation sites is 1. The lowest BCUT2D eigenvalue weighted by atomic mass is 10.0. The van der Waals surface area contributed by atoms with Crippen LogP contribution in [0.2, 0.25) is 0 Å². The van der Waals surface area contributed by atoms with Crippen LogP contribution in [-0.4, -0.2) is 33.4 Å². The molecule has 2 amide bonds. The highest BCUT2D eigenvalue weighted by molar-refractivity contribution is 6.01. The van der Waals surface area contributed by atoms with Gasteiger partial charge in [0.1, 0.15) is 18.1 Å². The van der Waals surface area contributed by atoms with Gasteiger partial charge in [0.25, 0.3) is 0 Å². The smallest absolute Gasteiger partial charge is 0.249 e. The zero-order chi connectivity index (χ0) is 26.4. The van der Waals surface area contributed by atoms with Gasteiger partial charge >= 0.3 is 0 Å². The van der Waals surface area contributed by atoms with Gasteiger partial charge in [-0.3, -0.25) is 14.5 Å². The quantitative estimate of drug-likeness (QED) is 0.325. The number of anilines is 1. The number of rotatable bonds is 10. The van der Waals surface area contributed by atoms with Crippen molar-refractivity contribution in [3.05, 3.63) is 89.5 Å². The molecular weight excluding hydrogens is 462 g/mol. The molecule has 0 saturated heterocycles. The Labute approximate surface area is 218 Å². The molecule has 1 N–H and O–H groups in total. The highest BCUT2D eigenvalue weighted by Gasteiger charge is 2.33. The third-order valence-electron chi connectivity index (χ3n) is 6.52. The van der Waals surface area contributed by atoms with Crippen LogP contribution in [0, 0.1) is 12.8 Å². The summed E-state index contributed by atoms with van der Waals surface area (Å²) >= 11 is 0. The van der Waals surface area contributed by atoms with Crippen LogP contribution >= 0.6 is 0 Å². The van der Waals surface area contributed by atoms with E-state index in [0.29, 0.717) is 18.2 Å². The van der Waals surface area contributed by atoms with Crippen molar-refractivity contribution in [3.63, 3.8) is 0 Å². The maximum Gasteiger partial charge on any atom is 0.249 e. The average Bonchev–Trinajstić information content (AvgIpc) is 3.30. The first kappa shape index (κ1) is 26.1. The van der Waals surface area contributed by atoms with E-state index in [1.54, 1.807) is 9.58 Å². The van der Waals surface area contributed by atoms with Crippen LogP contribution < -0.4 is 10.2 Å². The van der Waals surface area contributed by atoms with Crippen LogP contribution in [0.1, 0.15) is 49.9 Å². The van der Waals surface area contributed by atoms with Gasteiger partial charge in [-0.2, -0.15) is 0 Å². The van der Waals surface area contributed by atoms with Gasteiger partial charge in [0.05, 0.1) is 5.52 Å². The number of carbonyl (C=O) groups excluding carboxylic acids is 2. The second-order valence-corrected chi connectivity index (χ2v) is 9.81. The fourth-order valence-corrected chi connectivity index (χ4v) is 4.31. The first-order valence-electron chi connectivity index (χ1n) is 12.9. The first-order chi connectivity index (χ1) is 17.9. The second kappa shape index (κ2) is 11.8. The molecule has 37 heavy (non-hydrogen) atoms. The highest BCUT2D eigenvalue weighted by Crippen LogP contribution is 2.29. The van der Waals surface area contributed by atoms with E-state index in [1.165, 1.54) is 0 Å². The molecule has 0 aliphatic carbocycles. The fraction of sp³-hybridized carbons (Fsp3) is 0.333. The van der Waals surface area contributed by atoms with Crippen LogP contribution in [0.5, 0.6) is 0 Å². The molecule has 0 radical (unpaired) electrons. The molecule has 4 aromatic rings. The zero-order valence-electron chi connectivity index (χ0n) is 22.0. The number of aromatic nitrogens is 3. The summed E-state index contributed by atoms with van der Waals surface area (Å²) in [5, 5.41) is 11.5. The van der Waals surface area contributed by atoms with Gasteiger partial charge in [-0.1, -0.05) is 80.1 Å². The highest BCUT2D eigenvalue weighted by atomic mass is 16.2. The molecule has 4 rings (SSSR count). The Morgan fingerprint density at radius 2 is 1.68 bits per heavy atom. The summed E-state index contributed by atoms with van der Waals surface area (Å²) in [6, 6.07) is 22.3. The largest absolute Gasteiger partial charge is 0.354 e. The number of hydrogen-bond donors (Lipinski definition) is 1. The Morgan fingerprint density at radius 1 is 0.973 bits per heavy atom. The molecule has 1 heterocycles. The van der Waals surface area contributed by atoms with Crippen LogP contribution in [0.25, 0.3) is 11.0 Å². The Balaban J connectivity index is 1.76. The lowest BCUT2D eigenvalue weighted by Crippen LogP contribution is -2.45. The molecule has 1 aromatic heterocycles. The monoisotopic (exact) mass is 497 g/mol. The number of aryl methyl sites for hydroxylation is 2. The van der Waals surface area contributed by atoms with Gasteiger partial charge in [0.2, 0.25) is 11.8 Å². The van der Waals surface area contributed by atoms with E-state index in [9.17, 15) is 9.59 Å². The fourth-order valence-electron chi connectivity index (χ4n) is 4.31. The lowest BCUT2D eigenvalue weighted by Gasteiger charge is -2.32. The van der Waals surface area contributed by atoms with Crippen molar-refractivity contribution in [1.82, 2.24) is 20.3 Å². The Morgan fingerprint density at radius 3 is 2.35 bits per heavy atom. The number of amides is 2. The summed E-state index contributed by atoms with van der Waals surface area (Å²) in [6.07, 6.45) is 1.74. The Hall–Kier alpha value is -4.00. The molecule has 0 aliphatic heterocycles. The van der Waals surface area contributed by atoms with Gasteiger partial charge in [-0.25, -0.2) is 4.68 Å². The summed E-state index contributed by atoms with van der Waals surface area (Å²) < 4.78 is 1.59. The second-order valence-electron chi connectivity index (χ2n) is 9.81. The van der Waals surface area contributed by atoms with Gasteiger partial charge in [0, 0.05) is 12.2 Å². The van der Waals surface area contributed by atoms with Gasteiger partial charge in [0.15, 0.2) is 0 Å². The molecular formula is C30H35N5O2. The summed E-state index contributed by atoms with van der Waals surface area (Å²) in [7, 11) is 0. The number of benzene rings is 3. The summed E-state index contributed by atoms with van der Waals surface area (Å²) in [5.41, 5.74) is 5.15. The number of carbonyl (C=O) groups is 2. The molecule has 0 fully saturated rings. The molecule has 0 bridgehead atoms. The number of fused-ring (bicyclic) bond motifs is 1. The molecule has 0 saturated carbocycles. The van der Waals surface area contributed by atoms with E-state index in [2.05, 4.69) is 36.4 Å². The van der Waals surface area contributed by atoms with E-state index in [1.807, 2.05) is 79.7 Å². The minimum absolute atomic E-state index is 0.0440. The van der Waals surface area contributed by atoms with Gasteiger partial charge < -0.3 is 5.32 Å². The van der Waals surface area contributed by atoms with E-state index < -0.39 is 6.04 Å². The van der Waals surface area contributed by atoms with Crippen molar-refractivity contribution < 1.29 is 9.59 Å². The third kappa shape index (κ3) is 6.23. The number of nitrogens with zero attached hydrogens (tertiary/aromatic N) is 4. The van der Waals surface area contributed by atoms with Crippen molar-refractivity contribution in [2.75, 3.05) is 11.4 Å². The van der Waals surface area contributed by atoms with Crippen molar-refractivity contribution in [2.24, 2.45) is 5.92 Å². The molecule has 1 atom stereocenters. The van der Waals surface area contributed by atoms with Crippen molar-refractivity contribution in [3.8, 4) is 0 Å². The SMILES string of the molecule is CCc1ccc(N(C(=O)Cn2nnc3ccccc32)[C@@H](C(=O)NCCC(C)C)c2ccc(C)cc2)cc1. The average molecular weight is 498 g/mol. The van der Waals surface area contributed by atoms with Gasteiger partial charge in [-0.15, -0.1) is 5.10 Å². The Bertz CT molecular complexity index is 1340. The summed E-state index contributed by atoms with van der Waals surface area (Å²) in [5.74, 6) is 0.00315. The molecule has 7 nitrogen and oxygen atoms in total. The Kier molecular flexibility index (Phi) is 8.33. The number of nitrogens with one attached hydrogen (secondary N) is 1. The van der Waals surface area contributed by atoms with Crippen LogP contribution in [0.15, 0.2) is 72.8 Å². The molecule has 7 heteroatoms. The van der Waals surface area contributed by atoms with E-state index in [4.69, 9.17) is 0 Å². The maximum atomic E-state index is 14.0. The van der Waals surface area contributed by atoms with Crippen LogP contribution in [0.3, 0.4) is 0 Å². The predicted molar refractivity (Wildman–Crippen MR) is 147 cm³/mol. The van der Waals surface area contributed by atoms with Crippen LogP contribution in [-0.2, 0) is 22.6 Å². The molecule has 3 aromatic carbocycles. The normalized spacial score (nSPS) is 12.0. The molecule has 192 valence electrons. The van der Waals surface area contributed by atoms with Crippen molar-refractivity contribution in [1.29, 1.82) is 0 Å². The molecule has 0 unspecified atom stereocenters. The van der Waals surface area contributed by atoms with E-state index >= 15 is 0 Å². The van der Waals surface area contributed by atoms with Crippen molar-refractivity contribution in [2.45, 2.75) is 53.1 Å². The minimum atomic E-state index is -0.831. The zero-order valence-corrected chi connectivity index (χ0v) is 22.0. The topological polar surface area (TPSA) is 80.1 Å². The molecule has 0 aliphatic rings. The van der Waals surface area contributed by atoms with E-state index in [0.717, 1.165) is 40.6 Å². The summed E-state index contributed by atoms with van der Waals surface area (Å²) in [4.78, 5) is 29.4. The first-order valence-corrected chi connectivity index (χ1v) is 12.9. The van der Waals surface area contributed by atoms with Crippen molar-refractivity contribution >= 4 is 28.5 Å². The minimum Gasteiger partial charge on any atom is -0.354 e. The predicted octanol–water partition coefficient (Wildman–Crippen LogP) is 5.24. The van der Waals surface area contributed by atoms with Crippen LogP contribution in [0.4, 0.5) is 5.69 Å². The lowest BCUT2D eigenvalue weighted by molar-refractivity contribution is -0.127. The number of hydrogen-bond acceptors (Lipinski definition) is 4. The third-order valence-corrected chi connectivity index (χ3v) is 6.52.